The second-order valence-corrected chi connectivity index (χ2v) is 7.05. The van der Waals surface area contributed by atoms with Crippen molar-refractivity contribution in [3.63, 3.8) is 0 Å². The van der Waals surface area contributed by atoms with Gasteiger partial charge >= 0.3 is 5.97 Å². The molecule has 0 amide bonds. The van der Waals surface area contributed by atoms with Crippen LogP contribution in [0, 0.1) is 6.92 Å². The summed E-state index contributed by atoms with van der Waals surface area (Å²) in [6.07, 6.45) is 2.22. The van der Waals surface area contributed by atoms with Crippen molar-refractivity contribution in [2.75, 3.05) is 7.11 Å². The summed E-state index contributed by atoms with van der Waals surface area (Å²) in [6.45, 7) is 1.99. The van der Waals surface area contributed by atoms with Crippen molar-refractivity contribution in [1.29, 1.82) is 0 Å². The van der Waals surface area contributed by atoms with Crippen molar-refractivity contribution in [1.82, 2.24) is 9.71 Å². The van der Waals surface area contributed by atoms with Crippen LogP contribution in [0.3, 0.4) is 0 Å². The second-order valence-electron chi connectivity index (χ2n) is 5.39. The van der Waals surface area contributed by atoms with Crippen molar-refractivity contribution >= 4 is 16.0 Å². The Morgan fingerprint density at radius 3 is 2.50 bits per heavy atom. The Balaban J connectivity index is 2.11. The molecule has 1 heterocycles. The third-order valence-electron chi connectivity index (χ3n) is 3.54. The van der Waals surface area contributed by atoms with Gasteiger partial charge in [-0.25, -0.2) is 13.4 Å². The minimum Gasteiger partial charge on any atom is -0.468 e. The molecule has 0 aliphatic rings. The fourth-order valence-electron chi connectivity index (χ4n) is 2.19. The van der Waals surface area contributed by atoms with Gasteiger partial charge in [0.2, 0.25) is 0 Å². The van der Waals surface area contributed by atoms with Crippen molar-refractivity contribution < 1.29 is 17.9 Å². The molecular weight excluding hydrogens is 328 g/mol. The molecule has 0 saturated heterocycles. The minimum atomic E-state index is -3.89. The number of hydrogen-bond acceptors (Lipinski definition) is 5. The maximum atomic E-state index is 12.3. The molecule has 0 bridgehead atoms. The van der Waals surface area contributed by atoms with Gasteiger partial charge in [-0.15, -0.1) is 0 Å². The van der Waals surface area contributed by atoms with Gasteiger partial charge in [0.05, 0.1) is 7.11 Å². The van der Waals surface area contributed by atoms with E-state index in [4.69, 9.17) is 4.74 Å². The molecule has 0 aliphatic carbocycles. The predicted molar refractivity (Wildman–Crippen MR) is 89.9 cm³/mol. The van der Waals surface area contributed by atoms with E-state index in [0.717, 1.165) is 11.1 Å². The van der Waals surface area contributed by atoms with Crippen molar-refractivity contribution in [2.45, 2.75) is 30.8 Å². The van der Waals surface area contributed by atoms with Crippen molar-refractivity contribution in [2.24, 2.45) is 0 Å². The molecule has 0 spiro atoms. The number of rotatable bonds is 7. The SMILES string of the molecule is COC(=O)[C@H](CCc1ccc(C)cc1)NS(=O)(=O)c1ccccn1. The molecule has 0 aliphatic heterocycles. The van der Waals surface area contributed by atoms with Crippen LogP contribution < -0.4 is 4.72 Å². The van der Waals surface area contributed by atoms with Crippen LogP contribution in [0.5, 0.6) is 0 Å². The van der Waals surface area contributed by atoms with Crippen LogP contribution in [-0.4, -0.2) is 32.5 Å². The molecule has 6 nitrogen and oxygen atoms in total. The Hall–Kier alpha value is -2.25. The number of sulfonamides is 1. The molecule has 1 aromatic heterocycles. The first-order chi connectivity index (χ1) is 11.4. The predicted octanol–water partition coefficient (Wildman–Crippen LogP) is 1.84. The number of methoxy groups -OCH3 is 1. The average Bonchev–Trinajstić information content (AvgIpc) is 2.60. The summed E-state index contributed by atoms with van der Waals surface area (Å²) >= 11 is 0. The third kappa shape index (κ3) is 4.87. The van der Waals surface area contributed by atoms with Gasteiger partial charge in [0, 0.05) is 6.20 Å². The molecule has 0 saturated carbocycles. The number of aryl methyl sites for hydroxylation is 2. The molecule has 2 aromatic rings. The maximum absolute atomic E-state index is 12.3. The summed E-state index contributed by atoms with van der Waals surface area (Å²) in [5.74, 6) is -0.624. The van der Waals surface area contributed by atoms with Gasteiger partial charge in [-0.3, -0.25) is 4.79 Å². The number of nitrogens with one attached hydrogen (secondary N) is 1. The normalized spacial score (nSPS) is 12.6. The number of nitrogens with zero attached hydrogens (tertiary/aromatic N) is 1. The number of esters is 1. The van der Waals surface area contributed by atoms with Gasteiger partial charge in [-0.05, 0) is 37.5 Å². The van der Waals surface area contributed by atoms with E-state index in [1.54, 1.807) is 12.1 Å². The molecule has 0 radical (unpaired) electrons. The van der Waals surface area contributed by atoms with Crippen LogP contribution in [0.4, 0.5) is 0 Å². The summed E-state index contributed by atoms with van der Waals surface area (Å²) in [7, 11) is -2.66. The Labute approximate surface area is 141 Å². The lowest BCUT2D eigenvalue weighted by Crippen LogP contribution is -2.42. The van der Waals surface area contributed by atoms with Crippen LogP contribution in [0.1, 0.15) is 17.5 Å². The van der Waals surface area contributed by atoms with Crippen molar-refractivity contribution in [3.05, 3.63) is 59.8 Å². The first-order valence-corrected chi connectivity index (χ1v) is 8.97. The maximum Gasteiger partial charge on any atom is 0.323 e. The Kier molecular flexibility index (Phi) is 6.05. The minimum absolute atomic E-state index is 0.130. The standard InChI is InChI=1S/C17H20N2O4S/c1-13-6-8-14(9-7-13)10-11-15(17(20)23-2)19-24(21,22)16-5-3-4-12-18-16/h3-9,12,15,19H,10-11H2,1-2H3/t15-/m0/s1. The molecular formula is C17H20N2O4S. The molecule has 128 valence electrons. The van der Waals surface area contributed by atoms with Gasteiger partial charge in [0.15, 0.2) is 5.03 Å². The van der Waals surface area contributed by atoms with Gasteiger partial charge in [0.25, 0.3) is 10.0 Å². The van der Waals surface area contributed by atoms with Crippen molar-refractivity contribution in [3.8, 4) is 0 Å². The average molecular weight is 348 g/mol. The highest BCUT2D eigenvalue weighted by Crippen LogP contribution is 2.11. The van der Waals surface area contributed by atoms with Crippen LogP contribution in [-0.2, 0) is 26.0 Å². The second kappa shape index (κ2) is 8.03. The number of pyridine rings is 1. The van der Waals surface area contributed by atoms with E-state index in [9.17, 15) is 13.2 Å². The molecule has 24 heavy (non-hydrogen) atoms. The number of ether oxygens (including phenoxy) is 1. The van der Waals surface area contributed by atoms with Crippen LogP contribution in [0.2, 0.25) is 0 Å². The summed E-state index contributed by atoms with van der Waals surface area (Å²) in [6, 6.07) is 11.4. The number of carbonyl (C=O) groups is 1. The highest BCUT2D eigenvalue weighted by atomic mass is 32.2. The Morgan fingerprint density at radius 1 is 1.21 bits per heavy atom. The van der Waals surface area contributed by atoms with E-state index >= 15 is 0 Å². The highest BCUT2D eigenvalue weighted by molar-refractivity contribution is 7.89. The smallest absolute Gasteiger partial charge is 0.323 e. The van der Waals surface area contributed by atoms with Gasteiger partial charge in [0.1, 0.15) is 6.04 Å². The largest absolute Gasteiger partial charge is 0.468 e. The Bertz CT molecular complexity index is 774. The summed E-state index contributed by atoms with van der Waals surface area (Å²) in [5.41, 5.74) is 2.16. The third-order valence-corrected chi connectivity index (χ3v) is 4.93. The van der Waals surface area contributed by atoms with E-state index in [2.05, 4.69) is 9.71 Å². The monoisotopic (exact) mass is 348 g/mol. The van der Waals surface area contributed by atoms with E-state index in [1.807, 2.05) is 31.2 Å². The van der Waals surface area contributed by atoms with Crippen LogP contribution >= 0.6 is 0 Å². The molecule has 0 unspecified atom stereocenters. The van der Waals surface area contributed by atoms with E-state index < -0.39 is 22.0 Å². The zero-order valence-electron chi connectivity index (χ0n) is 13.6. The number of benzene rings is 1. The summed E-state index contributed by atoms with van der Waals surface area (Å²) < 4.78 is 31.8. The molecule has 2 rings (SSSR count). The first kappa shape index (κ1) is 18.1. The summed E-state index contributed by atoms with van der Waals surface area (Å²) in [4.78, 5) is 15.7. The number of carbonyl (C=O) groups excluding carboxylic acids is 1. The highest BCUT2D eigenvalue weighted by Gasteiger charge is 2.26. The number of hydrogen-bond donors (Lipinski definition) is 1. The lowest BCUT2D eigenvalue weighted by molar-refractivity contribution is -0.142. The van der Waals surface area contributed by atoms with E-state index in [0.29, 0.717) is 12.8 Å². The zero-order chi connectivity index (χ0) is 17.6. The fraction of sp³-hybridized carbons (Fsp3) is 0.294. The fourth-order valence-corrected chi connectivity index (χ4v) is 3.35. The lowest BCUT2D eigenvalue weighted by atomic mass is 10.0. The van der Waals surface area contributed by atoms with Gasteiger partial charge < -0.3 is 4.74 Å². The topological polar surface area (TPSA) is 85.4 Å². The lowest BCUT2D eigenvalue weighted by Gasteiger charge is -2.16. The number of aromatic nitrogens is 1. The molecule has 1 aromatic carbocycles. The van der Waals surface area contributed by atoms with Gasteiger partial charge in [-0.2, -0.15) is 4.72 Å². The van der Waals surface area contributed by atoms with Gasteiger partial charge in [-0.1, -0.05) is 35.9 Å². The molecule has 1 N–H and O–H groups in total. The zero-order valence-corrected chi connectivity index (χ0v) is 14.4. The Morgan fingerprint density at radius 2 is 1.92 bits per heavy atom. The van der Waals surface area contributed by atoms with E-state index in [-0.39, 0.29) is 5.03 Å². The first-order valence-electron chi connectivity index (χ1n) is 7.49. The molecule has 7 heteroatoms. The van der Waals surface area contributed by atoms with Crippen LogP contribution in [0.25, 0.3) is 0 Å². The molecule has 0 fully saturated rings. The summed E-state index contributed by atoms with van der Waals surface area (Å²) in [5, 5.41) is -0.130. The van der Waals surface area contributed by atoms with Crippen LogP contribution in [0.15, 0.2) is 53.7 Å². The van der Waals surface area contributed by atoms with E-state index in [1.165, 1.54) is 19.4 Å². The molecule has 1 atom stereocenters. The quantitative estimate of drug-likeness (QED) is 0.772.